The van der Waals surface area contributed by atoms with Crippen molar-refractivity contribution in [3.63, 3.8) is 0 Å². The minimum absolute atomic E-state index is 0.0996. The molecule has 0 aliphatic heterocycles. The third-order valence-corrected chi connectivity index (χ3v) is 3.27. The van der Waals surface area contributed by atoms with E-state index in [-0.39, 0.29) is 18.1 Å². The molecular weight excluding hydrogens is 224 g/mol. The van der Waals surface area contributed by atoms with Gasteiger partial charge in [0.25, 0.3) is 0 Å². The monoisotopic (exact) mass is 248 g/mol. The van der Waals surface area contributed by atoms with Crippen molar-refractivity contribution in [2.24, 2.45) is 5.92 Å². The Morgan fingerprint density at radius 1 is 1.33 bits per heavy atom. The molecule has 1 N–H and O–H groups in total. The van der Waals surface area contributed by atoms with E-state index in [9.17, 15) is 5.11 Å². The van der Waals surface area contributed by atoms with Gasteiger partial charge in [0.05, 0.1) is 18.8 Å². The zero-order valence-corrected chi connectivity index (χ0v) is 11.4. The van der Waals surface area contributed by atoms with Crippen molar-refractivity contribution >= 4 is 0 Å². The second-order valence-electron chi connectivity index (χ2n) is 4.72. The molecule has 100 valence electrons. The molecule has 18 heavy (non-hydrogen) atoms. The molecule has 0 bridgehead atoms. The van der Waals surface area contributed by atoms with Crippen LogP contribution in [-0.4, -0.2) is 17.3 Å². The predicted octanol–water partition coefficient (Wildman–Crippen LogP) is 3.55. The number of ether oxygens (including phenoxy) is 1. The highest BCUT2D eigenvalue weighted by molar-refractivity contribution is 5.13. The van der Waals surface area contributed by atoms with E-state index in [0.717, 1.165) is 6.42 Å². The first-order valence-corrected chi connectivity index (χ1v) is 6.63. The molecule has 0 spiro atoms. The van der Waals surface area contributed by atoms with Crippen molar-refractivity contribution in [3.8, 4) is 0 Å². The van der Waals surface area contributed by atoms with Crippen molar-refractivity contribution in [1.82, 2.24) is 0 Å². The Balaban J connectivity index is 2.40. The molecule has 0 aromatic heterocycles. The zero-order valence-electron chi connectivity index (χ0n) is 11.4. The summed E-state index contributed by atoms with van der Waals surface area (Å²) in [7, 11) is 0. The van der Waals surface area contributed by atoms with E-state index < -0.39 is 0 Å². The molecule has 3 unspecified atom stereocenters. The maximum Gasteiger partial charge on any atom is 0.0720 e. The smallest absolute Gasteiger partial charge is 0.0720 e. The topological polar surface area (TPSA) is 29.5 Å². The quantitative estimate of drug-likeness (QED) is 0.713. The largest absolute Gasteiger partial charge is 0.392 e. The summed E-state index contributed by atoms with van der Waals surface area (Å²) in [6, 6.07) is 10.1. The van der Waals surface area contributed by atoms with E-state index in [1.165, 1.54) is 5.56 Å². The average Bonchev–Trinajstić information content (AvgIpc) is 2.43. The molecule has 0 aliphatic rings. The maximum atomic E-state index is 9.97. The number of rotatable bonds is 8. The minimum Gasteiger partial charge on any atom is -0.392 e. The summed E-state index contributed by atoms with van der Waals surface area (Å²) in [5.41, 5.74) is 1.17. The van der Waals surface area contributed by atoms with Crippen LogP contribution in [0.3, 0.4) is 0 Å². The van der Waals surface area contributed by atoms with Crippen molar-refractivity contribution in [2.45, 2.75) is 45.5 Å². The second-order valence-corrected chi connectivity index (χ2v) is 4.72. The highest BCUT2D eigenvalue weighted by Gasteiger charge is 2.17. The zero-order chi connectivity index (χ0) is 13.4. The average molecular weight is 248 g/mol. The minimum atomic E-state index is -0.372. The molecule has 1 aromatic carbocycles. The van der Waals surface area contributed by atoms with Crippen LogP contribution in [0.15, 0.2) is 43.0 Å². The van der Waals surface area contributed by atoms with E-state index in [4.69, 9.17) is 4.74 Å². The van der Waals surface area contributed by atoms with Crippen LogP contribution in [0.5, 0.6) is 0 Å². The van der Waals surface area contributed by atoms with Crippen LogP contribution in [0, 0.1) is 5.92 Å². The summed E-state index contributed by atoms with van der Waals surface area (Å²) >= 11 is 0. The third-order valence-electron chi connectivity index (χ3n) is 3.27. The Labute approximate surface area is 110 Å². The van der Waals surface area contributed by atoms with Gasteiger partial charge in [0.15, 0.2) is 0 Å². The first-order valence-electron chi connectivity index (χ1n) is 6.63. The van der Waals surface area contributed by atoms with Gasteiger partial charge in [-0.25, -0.2) is 0 Å². The molecule has 0 fully saturated rings. The molecule has 2 heteroatoms. The van der Waals surface area contributed by atoms with E-state index >= 15 is 0 Å². The lowest BCUT2D eigenvalue weighted by atomic mass is 9.98. The first-order chi connectivity index (χ1) is 8.67. The number of hydrogen-bond acceptors (Lipinski definition) is 2. The molecule has 3 atom stereocenters. The van der Waals surface area contributed by atoms with Crippen molar-refractivity contribution < 1.29 is 9.84 Å². The molecule has 1 aromatic rings. The first kappa shape index (κ1) is 14.9. The summed E-state index contributed by atoms with van der Waals surface area (Å²) in [4.78, 5) is 0. The molecule has 0 saturated carbocycles. The molecular formula is C16H24O2. The number of benzene rings is 1. The molecule has 0 radical (unpaired) electrons. The molecule has 0 heterocycles. The van der Waals surface area contributed by atoms with Crippen LogP contribution in [0.4, 0.5) is 0 Å². The van der Waals surface area contributed by atoms with Crippen molar-refractivity contribution in [3.05, 3.63) is 48.6 Å². The highest BCUT2D eigenvalue weighted by atomic mass is 16.5. The van der Waals surface area contributed by atoms with Crippen LogP contribution in [0.25, 0.3) is 0 Å². The van der Waals surface area contributed by atoms with E-state index in [2.05, 4.69) is 25.6 Å². The van der Waals surface area contributed by atoms with Gasteiger partial charge in [0.2, 0.25) is 0 Å². The van der Waals surface area contributed by atoms with Gasteiger partial charge in [-0.1, -0.05) is 50.3 Å². The normalized spacial score (nSPS) is 15.9. The third kappa shape index (κ3) is 5.03. The summed E-state index contributed by atoms with van der Waals surface area (Å²) in [6.07, 6.45) is 3.09. The number of aliphatic hydroxyl groups is 1. The van der Waals surface area contributed by atoms with Crippen molar-refractivity contribution in [1.29, 1.82) is 0 Å². The standard InChI is InChI=1S/C16H24O2/c1-4-13(3)16(17)11-15(5-2)18-12-14-9-7-6-8-10-14/h4,6-10,13,15-17H,1,5,11-12H2,2-3H3. The highest BCUT2D eigenvalue weighted by Crippen LogP contribution is 2.16. The summed E-state index contributed by atoms with van der Waals surface area (Å²) in [6.45, 7) is 8.37. The van der Waals surface area contributed by atoms with Gasteiger partial charge in [-0.3, -0.25) is 0 Å². The van der Waals surface area contributed by atoms with Gasteiger partial charge in [-0.05, 0) is 17.9 Å². The van der Waals surface area contributed by atoms with Gasteiger partial charge in [0, 0.05) is 6.42 Å². The van der Waals surface area contributed by atoms with Crippen LogP contribution in [0.2, 0.25) is 0 Å². The van der Waals surface area contributed by atoms with Gasteiger partial charge in [0.1, 0.15) is 0 Å². The molecule has 0 aliphatic carbocycles. The van der Waals surface area contributed by atoms with Gasteiger partial charge in [-0.2, -0.15) is 0 Å². The lowest BCUT2D eigenvalue weighted by Gasteiger charge is -2.22. The second kappa shape index (κ2) is 8.06. The van der Waals surface area contributed by atoms with Crippen LogP contribution < -0.4 is 0 Å². The predicted molar refractivity (Wildman–Crippen MR) is 75.3 cm³/mol. The SMILES string of the molecule is C=CC(C)C(O)CC(CC)OCc1ccccc1. The Hall–Kier alpha value is -1.12. The van der Waals surface area contributed by atoms with Crippen LogP contribution in [0.1, 0.15) is 32.3 Å². The van der Waals surface area contributed by atoms with Gasteiger partial charge >= 0.3 is 0 Å². The molecule has 0 amide bonds. The van der Waals surface area contributed by atoms with Crippen molar-refractivity contribution in [2.75, 3.05) is 0 Å². The fourth-order valence-electron chi connectivity index (χ4n) is 1.78. The number of hydrogen-bond donors (Lipinski definition) is 1. The Bertz CT molecular complexity index is 334. The molecule has 1 rings (SSSR count). The lowest BCUT2D eigenvalue weighted by Crippen LogP contribution is -2.24. The van der Waals surface area contributed by atoms with Gasteiger partial charge in [-0.15, -0.1) is 6.58 Å². The summed E-state index contributed by atoms with van der Waals surface area (Å²) < 4.78 is 5.85. The Morgan fingerprint density at radius 3 is 2.56 bits per heavy atom. The van der Waals surface area contributed by atoms with Gasteiger partial charge < -0.3 is 9.84 Å². The lowest BCUT2D eigenvalue weighted by molar-refractivity contribution is -0.00586. The molecule has 2 nitrogen and oxygen atoms in total. The van der Waals surface area contributed by atoms with E-state index in [1.54, 1.807) is 6.08 Å². The fourth-order valence-corrected chi connectivity index (χ4v) is 1.78. The summed E-state index contributed by atoms with van der Waals surface area (Å²) in [5.74, 6) is 0.111. The molecule has 0 saturated heterocycles. The number of aliphatic hydroxyl groups excluding tert-OH is 1. The van der Waals surface area contributed by atoms with Crippen LogP contribution >= 0.6 is 0 Å². The fraction of sp³-hybridized carbons (Fsp3) is 0.500. The summed E-state index contributed by atoms with van der Waals surface area (Å²) in [5, 5.41) is 9.97. The maximum absolute atomic E-state index is 9.97. The van der Waals surface area contributed by atoms with E-state index in [0.29, 0.717) is 13.0 Å². The Morgan fingerprint density at radius 2 is 2.00 bits per heavy atom. The Kier molecular flexibility index (Phi) is 6.69. The van der Waals surface area contributed by atoms with Crippen LogP contribution in [-0.2, 0) is 11.3 Å². The van der Waals surface area contributed by atoms with E-state index in [1.807, 2.05) is 25.1 Å².